The summed E-state index contributed by atoms with van der Waals surface area (Å²) in [6.45, 7) is 7.11. The first-order valence-corrected chi connectivity index (χ1v) is 7.64. The fraction of sp³-hybridized carbons (Fsp3) is 0.727. The molecule has 102 valence electrons. The molecule has 0 spiro atoms. The number of hydrogen-bond acceptors (Lipinski definition) is 4. The van der Waals surface area contributed by atoms with Crippen LogP contribution < -0.4 is 10.0 Å². The molecule has 1 saturated heterocycles. The van der Waals surface area contributed by atoms with Crippen molar-refractivity contribution in [2.45, 2.75) is 38.1 Å². The van der Waals surface area contributed by atoms with E-state index in [0.717, 1.165) is 13.0 Å². The Kier molecular flexibility index (Phi) is 3.74. The Labute approximate surface area is 108 Å². The topological polar surface area (TPSA) is 86.9 Å². The summed E-state index contributed by atoms with van der Waals surface area (Å²) in [5.74, 6) is 0.341. The van der Waals surface area contributed by atoms with Crippen molar-refractivity contribution in [1.82, 2.24) is 20.2 Å². The van der Waals surface area contributed by atoms with Gasteiger partial charge in [0, 0.05) is 12.6 Å². The highest BCUT2D eigenvalue weighted by Gasteiger charge is 2.29. The van der Waals surface area contributed by atoms with Crippen molar-refractivity contribution in [1.29, 1.82) is 0 Å². The van der Waals surface area contributed by atoms with Crippen molar-refractivity contribution in [3.63, 3.8) is 0 Å². The molecule has 7 heteroatoms. The van der Waals surface area contributed by atoms with Crippen molar-refractivity contribution < 1.29 is 8.42 Å². The Hall–Kier alpha value is -0.920. The van der Waals surface area contributed by atoms with E-state index in [0.29, 0.717) is 23.9 Å². The molecule has 1 aromatic rings. The Morgan fingerprint density at radius 2 is 2.11 bits per heavy atom. The summed E-state index contributed by atoms with van der Waals surface area (Å²) in [7, 11) is -3.49. The number of H-pyrrole nitrogens is 1. The van der Waals surface area contributed by atoms with Gasteiger partial charge < -0.3 is 5.32 Å². The highest BCUT2D eigenvalue weighted by atomic mass is 32.2. The van der Waals surface area contributed by atoms with Crippen LogP contribution in [0.2, 0.25) is 0 Å². The molecule has 0 radical (unpaired) electrons. The molecule has 0 amide bonds. The molecule has 6 nitrogen and oxygen atoms in total. The molecule has 3 N–H and O–H groups in total. The number of nitrogens with zero attached hydrogens (tertiary/aromatic N) is 1. The van der Waals surface area contributed by atoms with Gasteiger partial charge in [0.25, 0.3) is 0 Å². The van der Waals surface area contributed by atoms with E-state index in [9.17, 15) is 8.42 Å². The molecule has 0 aliphatic carbocycles. The van der Waals surface area contributed by atoms with Crippen LogP contribution in [0.3, 0.4) is 0 Å². The molecule has 1 aliphatic rings. The normalized spacial score (nSPS) is 25.3. The number of nitrogens with one attached hydrogen (secondary N) is 3. The molecule has 0 unspecified atom stereocenters. The Balaban J connectivity index is 2.22. The number of rotatable bonds is 3. The summed E-state index contributed by atoms with van der Waals surface area (Å²) < 4.78 is 27.5. The molecule has 2 heterocycles. The highest BCUT2D eigenvalue weighted by Crippen LogP contribution is 2.19. The number of hydrogen-bond donors (Lipinski definition) is 3. The SMILES string of the molecule is Cc1n[nH]c(C)c1S(=O)(=O)N[C@H]1CNCC[C@@H]1C. The van der Waals surface area contributed by atoms with Crippen molar-refractivity contribution in [3.8, 4) is 0 Å². The Morgan fingerprint density at radius 3 is 2.67 bits per heavy atom. The molecule has 18 heavy (non-hydrogen) atoms. The van der Waals surface area contributed by atoms with Crippen LogP contribution in [0.25, 0.3) is 0 Å². The van der Waals surface area contributed by atoms with E-state index in [-0.39, 0.29) is 10.9 Å². The molecule has 0 saturated carbocycles. The van der Waals surface area contributed by atoms with Gasteiger partial charge in [-0.25, -0.2) is 13.1 Å². The van der Waals surface area contributed by atoms with E-state index in [2.05, 4.69) is 27.2 Å². The first-order chi connectivity index (χ1) is 8.42. The fourth-order valence-electron chi connectivity index (χ4n) is 2.34. The molecular weight excluding hydrogens is 252 g/mol. The summed E-state index contributed by atoms with van der Waals surface area (Å²) >= 11 is 0. The third kappa shape index (κ3) is 2.57. The van der Waals surface area contributed by atoms with E-state index < -0.39 is 10.0 Å². The third-order valence-corrected chi connectivity index (χ3v) is 5.22. The van der Waals surface area contributed by atoms with Crippen LogP contribution >= 0.6 is 0 Å². The molecule has 0 aromatic carbocycles. The minimum Gasteiger partial charge on any atom is -0.315 e. The fourth-order valence-corrected chi connectivity index (χ4v) is 4.06. The summed E-state index contributed by atoms with van der Waals surface area (Å²) in [4.78, 5) is 0.278. The largest absolute Gasteiger partial charge is 0.315 e. The number of aryl methyl sites for hydroxylation is 2. The lowest BCUT2D eigenvalue weighted by Gasteiger charge is -2.29. The van der Waals surface area contributed by atoms with E-state index in [1.165, 1.54) is 0 Å². The van der Waals surface area contributed by atoms with E-state index >= 15 is 0 Å². The number of piperidine rings is 1. The molecular formula is C11H20N4O2S. The quantitative estimate of drug-likeness (QED) is 0.739. The zero-order chi connectivity index (χ0) is 13.3. The second kappa shape index (κ2) is 4.99. The lowest BCUT2D eigenvalue weighted by molar-refractivity contribution is 0.327. The summed E-state index contributed by atoms with van der Waals surface area (Å²) in [6, 6.07) is -0.0579. The predicted octanol–water partition coefficient (Wildman–Crippen LogP) is 0.303. The van der Waals surface area contributed by atoms with Gasteiger partial charge in [0.1, 0.15) is 4.90 Å². The smallest absolute Gasteiger partial charge is 0.244 e. The predicted molar refractivity (Wildman–Crippen MR) is 68.8 cm³/mol. The van der Waals surface area contributed by atoms with Crippen molar-refractivity contribution >= 4 is 10.0 Å². The lowest BCUT2D eigenvalue weighted by atomic mass is 9.96. The summed E-state index contributed by atoms with van der Waals surface area (Å²) in [5.41, 5.74) is 1.09. The van der Waals surface area contributed by atoms with Crippen LogP contribution in [0.15, 0.2) is 4.90 Å². The highest BCUT2D eigenvalue weighted by molar-refractivity contribution is 7.89. The summed E-state index contributed by atoms with van der Waals surface area (Å²) in [6.07, 6.45) is 0.983. The second-order valence-electron chi connectivity index (χ2n) is 4.96. The molecule has 2 atom stereocenters. The van der Waals surface area contributed by atoms with Gasteiger partial charge in [0.15, 0.2) is 0 Å². The Bertz CT molecular complexity index is 504. The van der Waals surface area contributed by atoms with Gasteiger partial charge in [0.05, 0.1) is 11.4 Å². The molecule has 0 bridgehead atoms. The van der Waals surface area contributed by atoms with Gasteiger partial charge in [-0.3, -0.25) is 5.10 Å². The maximum absolute atomic E-state index is 12.3. The first kappa shape index (κ1) is 13.5. The maximum Gasteiger partial charge on any atom is 0.244 e. The molecule has 1 aromatic heterocycles. The number of aromatic nitrogens is 2. The molecule has 2 rings (SSSR count). The standard InChI is InChI=1S/C11H20N4O2S/c1-7-4-5-12-6-10(7)15-18(16,17)11-8(2)13-14-9(11)3/h7,10,12,15H,4-6H2,1-3H3,(H,13,14)/t7-,10-/m0/s1. The van der Waals surface area contributed by atoms with Gasteiger partial charge >= 0.3 is 0 Å². The number of sulfonamides is 1. The van der Waals surface area contributed by atoms with Gasteiger partial charge in [-0.1, -0.05) is 6.92 Å². The van der Waals surface area contributed by atoms with Gasteiger partial charge in [-0.2, -0.15) is 5.10 Å². The van der Waals surface area contributed by atoms with Crippen LogP contribution in [0.5, 0.6) is 0 Å². The van der Waals surface area contributed by atoms with Crippen LogP contribution in [0.1, 0.15) is 24.7 Å². The Morgan fingerprint density at radius 1 is 1.39 bits per heavy atom. The molecule has 1 aliphatic heterocycles. The first-order valence-electron chi connectivity index (χ1n) is 6.16. The zero-order valence-electron chi connectivity index (χ0n) is 10.9. The van der Waals surface area contributed by atoms with Crippen LogP contribution in [0, 0.1) is 19.8 Å². The minimum absolute atomic E-state index is 0.0579. The van der Waals surface area contributed by atoms with E-state index in [4.69, 9.17) is 0 Å². The maximum atomic E-state index is 12.3. The monoisotopic (exact) mass is 272 g/mol. The van der Waals surface area contributed by atoms with Gasteiger partial charge in [-0.15, -0.1) is 0 Å². The third-order valence-electron chi connectivity index (χ3n) is 3.46. The van der Waals surface area contributed by atoms with Gasteiger partial charge in [-0.05, 0) is 32.7 Å². The minimum atomic E-state index is -3.49. The van der Waals surface area contributed by atoms with Gasteiger partial charge in [0.2, 0.25) is 10.0 Å². The van der Waals surface area contributed by atoms with E-state index in [1.54, 1.807) is 13.8 Å². The van der Waals surface area contributed by atoms with Crippen LogP contribution in [0.4, 0.5) is 0 Å². The van der Waals surface area contributed by atoms with E-state index in [1.807, 2.05) is 0 Å². The van der Waals surface area contributed by atoms with Crippen molar-refractivity contribution in [2.75, 3.05) is 13.1 Å². The number of aromatic amines is 1. The van der Waals surface area contributed by atoms with Crippen molar-refractivity contribution in [2.24, 2.45) is 5.92 Å². The average Bonchev–Trinajstić information content (AvgIpc) is 2.62. The average molecular weight is 272 g/mol. The van der Waals surface area contributed by atoms with Crippen molar-refractivity contribution in [3.05, 3.63) is 11.4 Å². The van der Waals surface area contributed by atoms with Crippen LogP contribution in [-0.4, -0.2) is 37.7 Å². The zero-order valence-corrected chi connectivity index (χ0v) is 11.8. The second-order valence-corrected chi connectivity index (χ2v) is 6.61. The lowest BCUT2D eigenvalue weighted by Crippen LogP contribution is -2.50. The van der Waals surface area contributed by atoms with Crippen LogP contribution in [-0.2, 0) is 10.0 Å². The summed E-state index contributed by atoms with van der Waals surface area (Å²) in [5, 5.41) is 9.85. The molecule has 1 fully saturated rings.